The SMILES string of the molecule is C(=NC1CCCCC1)=NC1CCCCC1.CCCCCCN=C=N. The van der Waals surface area contributed by atoms with Crippen molar-refractivity contribution >= 4 is 12.0 Å². The molecule has 2 fully saturated rings. The first-order chi connectivity index (χ1) is 11.9. The van der Waals surface area contributed by atoms with Crippen LogP contribution < -0.4 is 0 Å². The first kappa shape index (κ1) is 20.8. The molecule has 0 saturated heterocycles. The molecular formula is C20H36N4. The third-order valence-corrected chi connectivity index (χ3v) is 4.83. The van der Waals surface area contributed by atoms with E-state index in [-0.39, 0.29) is 0 Å². The van der Waals surface area contributed by atoms with Crippen molar-refractivity contribution in [2.75, 3.05) is 6.54 Å². The highest BCUT2D eigenvalue weighted by Crippen LogP contribution is 2.21. The highest BCUT2D eigenvalue weighted by molar-refractivity contribution is 5.42. The molecule has 0 amide bonds. The Hall–Kier alpha value is -1.24. The van der Waals surface area contributed by atoms with Crippen LogP contribution in [0.3, 0.4) is 0 Å². The largest absolute Gasteiger partial charge is 0.242 e. The summed E-state index contributed by atoms with van der Waals surface area (Å²) in [6.45, 7) is 2.96. The monoisotopic (exact) mass is 332 g/mol. The second-order valence-electron chi connectivity index (χ2n) is 7.00. The maximum Gasteiger partial charge on any atom is 0.0898 e. The van der Waals surface area contributed by atoms with Gasteiger partial charge in [0, 0.05) is 6.54 Å². The van der Waals surface area contributed by atoms with Gasteiger partial charge in [0.15, 0.2) is 0 Å². The fraction of sp³-hybridized carbons (Fsp3) is 0.900. The summed E-state index contributed by atoms with van der Waals surface area (Å²) < 4.78 is 0. The fourth-order valence-corrected chi connectivity index (χ4v) is 3.29. The summed E-state index contributed by atoms with van der Waals surface area (Å²) in [4.78, 5) is 12.6. The molecule has 0 atom stereocenters. The molecule has 0 spiro atoms. The third kappa shape index (κ3) is 11.3. The van der Waals surface area contributed by atoms with Crippen LogP contribution in [-0.2, 0) is 0 Å². The lowest BCUT2D eigenvalue weighted by Crippen LogP contribution is -2.10. The van der Waals surface area contributed by atoms with Gasteiger partial charge in [-0.3, -0.25) is 0 Å². The van der Waals surface area contributed by atoms with Crippen LogP contribution in [0.25, 0.3) is 0 Å². The molecule has 0 aromatic rings. The molecule has 24 heavy (non-hydrogen) atoms. The Bertz CT molecular complexity index is 372. The average molecular weight is 333 g/mol. The van der Waals surface area contributed by atoms with E-state index in [0.29, 0.717) is 12.1 Å². The van der Waals surface area contributed by atoms with E-state index in [4.69, 9.17) is 5.41 Å². The molecule has 0 bridgehead atoms. The van der Waals surface area contributed by atoms with Gasteiger partial charge in [-0.2, -0.15) is 0 Å². The van der Waals surface area contributed by atoms with Gasteiger partial charge in [-0.1, -0.05) is 64.7 Å². The fourth-order valence-electron chi connectivity index (χ4n) is 3.29. The molecule has 0 aromatic heterocycles. The van der Waals surface area contributed by atoms with Crippen LogP contribution in [-0.4, -0.2) is 30.6 Å². The molecule has 1 N–H and O–H groups in total. The zero-order chi connectivity index (χ0) is 17.3. The normalized spacial score (nSPS) is 18.5. The molecule has 0 unspecified atom stereocenters. The molecule has 2 saturated carbocycles. The molecule has 136 valence electrons. The predicted molar refractivity (Wildman–Crippen MR) is 103 cm³/mol. The minimum atomic E-state index is 0.533. The number of aliphatic imine (C=N–C) groups is 3. The van der Waals surface area contributed by atoms with Gasteiger partial charge in [-0.25, -0.2) is 20.4 Å². The molecular weight excluding hydrogens is 296 g/mol. The molecule has 4 heteroatoms. The third-order valence-electron chi connectivity index (χ3n) is 4.83. The zero-order valence-electron chi connectivity index (χ0n) is 15.6. The van der Waals surface area contributed by atoms with Crippen molar-refractivity contribution in [2.45, 2.75) is 109 Å². The van der Waals surface area contributed by atoms with Gasteiger partial charge < -0.3 is 0 Å². The van der Waals surface area contributed by atoms with Gasteiger partial charge >= 0.3 is 0 Å². The molecule has 0 aromatic carbocycles. The Morgan fingerprint density at radius 1 is 0.792 bits per heavy atom. The zero-order valence-corrected chi connectivity index (χ0v) is 15.6. The van der Waals surface area contributed by atoms with Gasteiger partial charge in [-0.05, 0) is 32.1 Å². The number of nitrogens with one attached hydrogen (secondary N) is 1. The quantitative estimate of drug-likeness (QED) is 0.429. The minimum absolute atomic E-state index is 0.533. The maximum absolute atomic E-state index is 6.47. The lowest BCUT2D eigenvalue weighted by Gasteiger charge is -2.17. The average Bonchev–Trinajstić information content (AvgIpc) is 2.64. The lowest BCUT2D eigenvalue weighted by molar-refractivity contribution is 0.438. The molecule has 2 aliphatic carbocycles. The van der Waals surface area contributed by atoms with E-state index in [1.807, 2.05) is 6.01 Å². The summed E-state index contributed by atoms with van der Waals surface area (Å²) in [7, 11) is 0. The van der Waals surface area contributed by atoms with Crippen molar-refractivity contribution in [1.29, 1.82) is 5.41 Å². The number of unbranched alkanes of at least 4 members (excludes halogenated alkanes) is 3. The molecule has 0 aliphatic heterocycles. The van der Waals surface area contributed by atoms with E-state index < -0.39 is 0 Å². The highest BCUT2D eigenvalue weighted by atomic mass is 14.9. The minimum Gasteiger partial charge on any atom is -0.242 e. The van der Waals surface area contributed by atoms with Crippen LogP contribution in [0.1, 0.15) is 96.8 Å². The van der Waals surface area contributed by atoms with Crippen molar-refractivity contribution in [3.63, 3.8) is 0 Å². The lowest BCUT2D eigenvalue weighted by atomic mass is 9.96. The van der Waals surface area contributed by atoms with Gasteiger partial charge in [0.1, 0.15) is 0 Å². The highest BCUT2D eigenvalue weighted by Gasteiger charge is 2.12. The summed E-state index contributed by atoms with van der Waals surface area (Å²) >= 11 is 0. The summed E-state index contributed by atoms with van der Waals surface area (Å²) in [6.07, 6.45) is 18.1. The van der Waals surface area contributed by atoms with Crippen LogP contribution in [0.4, 0.5) is 0 Å². The summed E-state index contributed by atoms with van der Waals surface area (Å²) in [5, 5.41) is 6.47. The van der Waals surface area contributed by atoms with Gasteiger partial charge in [-0.15, -0.1) is 0 Å². The van der Waals surface area contributed by atoms with Crippen LogP contribution in [0.5, 0.6) is 0 Å². The summed E-state index contributed by atoms with van der Waals surface area (Å²) in [6, 6.07) is 6.06. The van der Waals surface area contributed by atoms with Gasteiger partial charge in [0.25, 0.3) is 0 Å². The van der Waals surface area contributed by atoms with Gasteiger partial charge in [0.2, 0.25) is 0 Å². The van der Waals surface area contributed by atoms with E-state index in [1.54, 1.807) is 0 Å². The van der Waals surface area contributed by atoms with Crippen LogP contribution in [0.15, 0.2) is 15.0 Å². The Morgan fingerprint density at radius 3 is 1.79 bits per heavy atom. The van der Waals surface area contributed by atoms with E-state index >= 15 is 0 Å². The van der Waals surface area contributed by atoms with Gasteiger partial charge in [0.05, 0.1) is 24.1 Å². The molecule has 0 heterocycles. The molecule has 0 radical (unpaired) electrons. The standard InChI is InChI=1S/C13H22N2.C7H14N2/c1-3-7-12(8-4-1)14-11-15-13-9-5-2-6-10-13;1-2-3-4-5-6-9-7-8/h12-13H,1-10H2;8H,2-6H2,1H3. The number of hydrogen-bond acceptors (Lipinski definition) is 4. The smallest absolute Gasteiger partial charge is 0.0898 e. The second-order valence-corrected chi connectivity index (χ2v) is 7.00. The Kier molecular flexibility index (Phi) is 13.3. The number of nitrogens with zero attached hydrogens (tertiary/aromatic N) is 3. The first-order valence-corrected chi connectivity index (χ1v) is 10.1. The van der Waals surface area contributed by atoms with E-state index in [9.17, 15) is 0 Å². The van der Waals surface area contributed by atoms with E-state index in [1.165, 1.54) is 83.5 Å². The predicted octanol–water partition coefficient (Wildman–Crippen LogP) is 6.15. The second kappa shape index (κ2) is 15.3. The summed E-state index contributed by atoms with van der Waals surface area (Å²) in [5.41, 5.74) is 0. The van der Waals surface area contributed by atoms with Crippen LogP contribution in [0.2, 0.25) is 0 Å². The topological polar surface area (TPSA) is 60.9 Å². The number of rotatable bonds is 7. The van der Waals surface area contributed by atoms with Crippen molar-refractivity contribution in [2.24, 2.45) is 15.0 Å². The Labute approximate surface area is 148 Å². The van der Waals surface area contributed by atoms with E-state index in [2.05, 4.69) is 27.9 Å². The van der Waals surface area contributed by atoms with Crippen LogP contribution >= 0.6 is 0 Å². The number of hydrogen-bond donors (Lipinski definition) is 1. The Morgan fingerprint density at radius 2 is 1.33 bits per heavy atom. The van der Waals surface area contributed by atoms with Crippen molar-refractivity contribution in [3.8, 4) is 0 Å². The molecule has 4 nitrogen and oxygen atoms in total. The van der Waals surface area contributed by atoms with Crippen molar-refractivity contribution in [3.05, 3.63) is 0 Å². The van der Waals surface area contributed by atoms with Crippen molar-refractivity contribution in [1.82, 2.24) is 0 Å². The first-order valence-electron chi connectivity index (χ1n) is 10.1. The van der Waals surface area contributed by atoms with E-state index in [0.717, 1.165) is 13.0 Å². The molecule has 2 aliphatic rings. The summed E-state index contributed by atoms with van der Waals surface area (Å²) in [5.74, 6) is 0. The molecule has 2 rings (SSSR count). The maximum atomic E-state index is 6.47. The Balaban J connectivity index is 0.000000277. The van der Waals surface area contributed by atoms with Crippen LogP contribution in [0, 0.1) is 5.41 Å². The van der Waals surface area contributed by atoms with Crippen molar-refractivity contribution < 1.29 is 0 Å².